The molecular formula is C16H19NOS. The van der Waals surface area contributed by atoms with E-state index in [2.05, 4.69) is 0 Å². The van der Waals surface area contributed by atoms with Crippen molar-refractivity contribution in [2.75, 3.05) is 12.3 Å². The van der Waals surface area contributed by atoms with Crippen LogP contribution in [0.15, 0.2) is 59.5 Å². The van der Waals surface area contributed by atoms with Gasteiger partial charge in [0.15, 0.2) is 0 Å². The predicted octanol–water partition coefficient (Wildman–Crippen LogP) is 2.85. The molecule has 2 aromatic carbocycles. The molecule has 0 aliphatic heterocycles. The molecule has 0 aliphatic rings. The van der Waals surface area contributed by atoms with Gasteiger partial charge in [-0.25, -0.2) is 0 Å². The molecule has 0 aliphatic carbocycles. The van der Waals surface area contributed by atoms with Crippen molar-refractivity contribution >= 4 is 10.8 Å². The third kappa shape index (κ3) is 3.75. The first-order valence-electron chi connectivity index (χ1n) is 6.40. The molecule has 19 heavy (non-hydrogen) atoms. The predicted molar refractivity (Wildman–Crippen MR) is 80.7 cm³/mol. The molecule has 0 saturated heterocycles. The summed E-state index contributed by atoms with van der Waals surface area (Å²) in [5.41, 5.74) is 8.12. The van der Waals surface area contributed by atoms with Gasteiger partial charge in [0, 0.05) is 23.1 Å². The van der Waals surface area contributed by atoms with E-state index in [1.54, 1.807) is 0 Å². The number of aryl methyl sites for hydroxylation is 1. The van der Waals surface area contributed by atoms with Crippen LogP contribution in [0.5, 0.6) is 0 Å². The quantitative estimate of drug-likeness (QED) is 0.910. The summed E-state index contributed by atoms with van der Waals surface area (Å²) in [5.74, 6) is 0.715. The molecule has 2 aromatic rings. The van der Waals surface area contributed by atoms with Crippen LogP contribution >= 0.6 is 0 Å². The van der Waals surface area contributed by atoms with Gasteiger partial charge in [-0.05, 0) is 30.2 Å². The lowest BCUT2D eigenvalue weighted by Gasteiger charge is -2.15. The Labute approximate surface area is 117 Å². The molecular weight excluding hydrogens is 254 g/mol. The van der Waals surface area contributed by atoms with E-state index in [1.165, 1.54) is 0 Å². The second-order valence-corrected chi connectivity index (χ2v) is 6.17. The molecule has 2 unspecified atom stereocenters. The molecule has 0 spiro atoms. The van der Waals surface area contributed by atoms with Gasteiger partial charge in [-0.3, -0.25) is 4.21 Å². The highest BCUT2D eigenvalue weighted by molar-refractivity contribution is 7.85. The second kappa shape index (κ2) is 6.64. The molecule has 0 fully saturated rings. The fraction of sp³-hybridized carbons (Fsp3) is 0.250. The fourth-order valence-corrected chi connectivity index (χ4v) is 3.50. The summed E-state index contributed by atoms with van der Waals surface area (Å²) < 4.78 is 12.4. The summed E-state index contributed by atoms with van der Waals surface area (Å²) in [6, 6.07) is 17.9. The highest BCUT2D eigenvalue weighted by Crippen LogP contribution is 2.19. The minimum atomic E-state index is -1.00. The van der Waals surface area contributed by atoms with Gasteiger partial charge in [-0.15, -0.1) is 0 Å². The summed E-state index contributed by atoms with van der Waals surface area (Å²) in [6.07, 6.45) is 0. The van der Waals surface area contributed by atoms with E-state index in [0.717, 1.165) is 16.0 Å². The molecule has 2 nitrogen and oxygen atoms in total. The largest absolute Gasteiger partial charge is 0.330 e. The maximum absolute atomic E-state index is 12.4. The molecule has 0 amide bonds. The Balaban J connectivity index is 2.13. The summed E-state index contributed by atoms with van der Waals surface area (Å²) in [7, 11) is -1.00. The monoisotopic (exact) mass is 273 g/mol. The highest BCUT2D eigenvalue weighted by atomic mass is 32.2. The van der Waals surface area contributed by atoms with E-state index in [0.29, 0.717) is 12.3 Å². The van der Waals surface area contributed by atoms with Crippen molar-refractivity contribution in [2.24, 2.45) is 5.73 Å². The minimum absolute atomic E-state index is 0.141. The lowest BCUT2D eigenvalue weighted by Crippen LogP contribution is -2.19. The van der Waals surface area contributed by atoms with Crippen molar-refractivity contribution in [3.8, 4) is 0 Å². The zero-order valence-electron chi connectivity index (χ0n) is 11.1. The first-order valence-corrected chi connectivity index (χ1v) is 7.72. The maximum atomic E-state index is 12.4. The molecule has 2 atom stereocenters. The zero-order chi connectivity index (χ0) is 13.7. The molecule has 100 valence electrons. The minimum Gasteiger partial charge on any atom is -0.330 e. The van der Waals surface area contributed by atoms with E-state index in [1.807, 2.05) is 61.5 Å². The van der Waals surface area contributed by atoms with Crippen molar-refractivity contribution in [3.63, 3.8) is 0 Å². The first kappa shape index (κ1) is 14.0. The topological polar surface area (TPSA) is 43.1 Å². The van der Waals surface area contributed by atoms with Crippen molar-refractivity contribution in [1.82, 2.24) is 0 Å². The van der Waals surface area contributed by atoms with Crippen LogP contribution in [0, 0.1) is 6.92 Å². The van der Waals surface area contributed by atoms with Crippen LogP contribution in [0.3, 0.4) is 0 Å². The lowest BCUT2D eigenvalue weighted by molar-refractivity contribution is 0.672. The zero-order valence-corrected chi connectivity index (χ0v) is 11.9. The molecule has 0 heterocycles. The standard InChI is InChI=1S/C16H19NOS/c1-13-6-5-9-16(10-13)19(18)12-15(11-17)14-7-3-2-4-8-14/h2-10,15H,11-12,17H2,1H3. The molecule has 3 heteroatoms. The van der Waals surface area contributed by atoms with Gasteiger partial charge in [-0.1, -0.05) is 42.5 Å². The first-order chi connectivity index (χ1) is 9.20. The Hall–Kier alpha value is -1.45. The van der Waals surface area contributed by atoms with Crippen LogP contribution in [0.1, 0.15) is 17.0 Å². The molecule has 2 N–H and O–H groups in total. The summed E-state index contributed by atoms with van der Waals surface area (Å²) >= 11 is 0. The second-order valence-electron chi connectivity index (χ2n) is 4.67. The summed E-state index contributed by atoms with van der Waals surface area (Å²) in [5, 5.41) is 0. The average Bonchev–Trinajstić information content (AvgIpc) is 2.45. The van der Waals surface area contributed by atoms with E-state index in [9.17, 15) is 4.21 Å². The van der Waals surface area contributed by atoms with Crippen molar-refractivity contribution < 1.29 is 4.21 Å². The van der Waals surface area contributed by atoms with E-state index in [-0.39, 0.29) is 5.92 Å². The fourth-order valence-electron chi connectivity index (χ4n) is 2.06. The number of rotatable bonds is 5. The SMILES string of the molecule is Cc1cccc(S(=O)CC(CN)c2ccccc2)c1. The summed E-state index contributed by atoms with van der Waals surface area (Å²) in [4.78, 5) is 0.884. The Bertz CT molecular complexity index is 554. The average molecular weight is 273 g/mol. The van der Waals surface area contributed by atoms with Crippen LogP contribution in [0.25, 0.3) is 0 Å². The Kier molecular flexibility index (Phi) is 4.88. The van der Waals surface area contributed by atoms with E-state index in [4.69, 9.17) is 5.73 Å². The van der Waals surface area contributed by atoms with Gasteiger partial charge >= 0.3 is 0 Å². The molecule has 0 bridgehead atoms. The summed E-state index contributed by atoms with van der Waals surface area (Å²) in [6.45, 7) is 2.53. The number of hydrogen-bond acceptors (Lipinski definition) is 2. The number of hydrogen-bond donors (Lipinski definition) is 1. The molecule has 0 aromatic heterocycles. The number of nitrogens with two attached hydrogens (primary N) is 1. The third-order valence-electron chi connectivity index (χ3n) is 3.16. The van der Waals surface area contributed by atoms with Crippen molar-refractivity contribution in [1.29, 1.82) is 0 Å². The van der Waals surface area contributed by atoms with Crippen molar-refractivity contribution in [3.05, 3.63) is 65.7 Å². The Morgan fingerprint density at radius 3 is 2.47 bits per heavy atom. The lowest BCUT2D eigenvalue weighted by atomic mass is 10.0. The van der Waals surface area contributed by atoms with Crippen molar-refractivity contribution in [2.45, 2.75) is 17.7 Å². The van der Waals surface area contributed by atoms with Gasteiger partial charge in [-0.2, -0.15) is 0 Å². The van der Waals surface area contributed by atoms with E-state index >= 15 is 0 Å². The normalized spacial score (nSPS) is 14.0. The van der Waals surface area contributed by atoms with Gasteiger partial charge in [0.2, 0.25) is 0 Å². The van der Waals surface area contributed by atoms with Gasteiger partial charge in [0.1, 0.15) is 0 Å². The van der Waals surface area contributed by atoms with Crippen LogP contribution in [0.4, 0.5) is 0 Å². The van der Waals surface area contributed by atoms with Crippen LogP contribution < -0.4 is 5.73 Å². The van der Waals surface area contributed by atoms with Gasteiger partial charge in [0.25, 0.3) is 0 Å². The highest BCUT2D eigenvalue weighted by Gasteiger charge is 2.14. The Morgan fingerprint density at radius 1 is 1.11 bits per heavy atom. The van der Waals surface area contributed by atoms with E-state index < -0.39 is 10.8 Å². The molecule has 2 rings (SSSR count). The third-order valence-corrected chi connectivity index (χ3v) is 4.65. The Morgan fingerprint density at radius 2 is 1.84 bits per heavy atom. The smallest absolute Gasteiger partial charge is 0.0536 e. The van der Waals surface area contributed by atoms with Gasteiger partial charge in [0.05, 0.1) is 10.8 Å². The van der Waals surface area contributed by atoms with Crippen LogP contribution in [0.2, 0.25) is 0 Å². The number of benzene rings is 2. The van der Waals surface area contributed by atoms with Crippen LogP contribution in [-0.2, 0) is 10.8 Å². The van der Waals surface area contributed by atoms with Crippen LogP contribution in [-0.4, -0.2) is 16.5 Å². The maximum Gasteiger partial charge on any atom is 0.0536 e. The molecule has 0 radical (unpaired) electrons. The van der Waals surface area contributed by atoms with Gasteiger partial charge < -0.3 is 5.73 Å². The molecule has 0 saturated carbocycles.